The fraction of sp³-hybridized carbons (Fsp3) is 0.500. The Morgan fingerprint density at radius 2 is 2.19 bits per heavy atom. The van der Waals surface area contributed by atoms with Crippen LogP contribution in [0.3, 0.4) is 0 Å². The number of H-pyrrole nitrogens is 1. The number of nitrogens with zero attached hydrogens (tertiary/aromatic N) is 2. The van der Waals surface area contributed by atoms with Gasteiger partial charge in [0.25, 0.3) is 0 Å². The van der Waals surface area contributed by atoms with E-state index in [-0.39, 0.29) is 11.3 Å². The van der Waals surface area contributed by atoms with E-state index in [2.05, 4.69) is 37.0 Å². The molecule has 3 rings (SSSR count). The summed E-state index contributed by atoms with van der Waals surface area (Å²) in [4.78, 5) is 14.4. The second-order valence-corrected chi connectivity index (χ2v) is 7.10. The van der Waals surface area contributed by atoms with Gasteiger partial charge >= 0.3 is 0 Å². The van der Waals surface area contributed by atoms with Crippen molar-refractivity contribution in [2.24, 2.45) is 11.1 Å². The third-order valence-electron chi connectivity index (χ3n) is 3.92. The van der Waals surface area contributed by atoms with Gasteiger partial charge in [0.15, 0.2) is 0 Å². The highest BCUT2D eigenvalue weighted by atomic mass is 16.2. The molecule has 1 aromatic carbocycles. The number of nitrogens with one attached hydrogen (secondary N) is 1. The summed E-state index contributed by atoms with van der Waals surface area (Å²) in [5.41, 5.74) is 9.49. The average Bonchev–Trinajstić information content (AvgIpc) is 2.82. The largest absolute Gasteiger partial charge is 0.336 e. The number of amides is 1. The molecule has 3 N–H and O–H groups in total. The predicted molar refractivity (Wildman–Crippen MR) is 82.6 cm³/mol. The molecule has 5 heteroatoms. The molecular weight excluding hydrogens is 264 g/mol. The van der Waals surface area contributed by atoms with Crippen molar-refractivity contribution in [1.82, 2.24) is 15.1 Å². The van der Waals surface area contributed by atoms with Crippen molar-refractivity contribution in [3.05, 3.63) is 29.5 Å². The Kier molecular flexibility index (Phi) is 3.24. The molecule has 2 heterocycles. The zero-order valence-corrected chi connectivity index (χ0v) is 12.8. The molecule has 1 aliphatic heterocycles. The highest BCUT2D eigenvalue weighted by Crippen LogP contribution is 2.28. The van der Waals surface area contributed by atoms with E-state index < -0.39 is 6.04 Å². The van der Waals surface area contributed by atoms with Crippen LogP contribution in [0.2, 0.25) is 0 Å². The lowest BCUT2D eigenvalue weighted by molar-refractivity contribution is -0.134. The highest BCUT2D eigenvalue weighted by molar-refractivity contribution is 5.87. The van der Waals surface area contributed by atoms with E-state index in [0.717, 1.165) is 16.5 Å². The third-order valence-corrected chi connectivity index (χ3v) is 3.92. The van der Waals surface area contributed by atoms with Crippen LogP contribution in [0.4, 0.5) is 0 Å². The van der Waals surface area contributed by atoms with Crippen molar-refractivity contribution in [2.45, 2.75) is 39.8 Å². The number of hydrogen-bond acceptors (Lipinski definition) is 3. The molecule has 1 atom stereocenters. The van der Waals surface area contributed by atoms with Crippen molar-refractivity contribution >= 4 is 16.8 Å². The van der Waals surface area contributed by atoms with E-state index in [1.54, 1.807) is 0 Å². The molecule has 0 fully saturated rings. The quantitative estimate of drug-likeness (QED) is 0.839. The number of nitrogens with two attached hydrogens (primary N) is 1. The number of carbonyl (C=O) groups excluding carboxylic acids is 1. The zero-order valence-electron chi connectivity index (χ0n) is 12.8. The van der Waals surface area contributed by atoms with Crippen LogP contribution >= 0.6 is 0 Å². The van der Waals surface area contributed by atoms with Gasteiger partial charge in [-0.25, -0.2) is 0 Å². The molecule has 1 amide bonds. The van der Waals surface area contributed by atoms with Crippen molar-refractivity contribution in [3.8, 4) is 0 Å². The Morgan fingerprint density at radius 3 is 2.90 bits per heavy atom. The molecule has 0 spiro atoms. The molecule has 2 aromatic rings. The van der Waals surface area contributed by atoms with Gasteiger partial charge < -0.3 is 10.6 Å². The minimum absolute atomic E-state index is 0.0396. The molecule has 5 nitrogen and oxygen atoms in total. The Hall–Kier alpha value is -1.88. The molecule has 0 saturated heterocycles. The molecule has 0 aliphatic carbocycles. The highest BCUT2D eigenvalue weighted by Gasteiger charge is 2.30. The van der Waals surface area contributed by atoms with Crippen LogP contribution in [0.1, 0.15) is 31.9 Å². The van der Waals surface area contributed by atoms with Crippen LogP contribution < -0.4 is 5.73 Å². The van der Waals surface area contributed by atoms with E-state index in [1.807, 2.05) is 17.2 Å². The normalized spacial score (nSPS) is 19.7. The number of benzene rings is 1. The van der Waals surface area contributed by atoms with Crippen LogP contribution in [-0.4, -0.2) is 33.6 Å². The summed E-state index contributed by atoms with van der Waals surface area (Å²) < 4.78 is 0. The summed E-state index contributed by atoms with van der Waals surface area (Å²) in [6.45, 7) is 7.71. The Morgan fingerprint density at radius 1 is 1.43 bits per heavy atom. The standard InChI is InChI=1S/C16H22N4O/c1-16(2,3)9-20-8-12-10(6-13(17)15(20)21)4-5-14-11(12)7-18-19-14/h4-5,7,13H,6,8-9,17H2,1-3H3,(H,18,19)/t13-/m1/s1. The van der Waals surface area contributed by atoms with Gasteiger partial charge in [-0.1, -0.05) is 26.8 Å². The summed E-state index contributed by atoms with van der Waals surface area (Å²) in [6, 6.07) is 3.61. The zero-order chi connectivity index (χ0) is 15.2. The molecular formula is C16H22N4O. The fourth-order valence-electron chi connectivity index (χ4n) is 3.03. The van der Waals surface area contributed by atoms with E-state index in [0.29, 0.717) is 19.5 Å². The molecule has 0 bridgehead atoms. The molecule has 112 valence electrons. The lowest BCUT2D eigenvalue weighted by Crippen LogP contribution is -2.45. The second-order valence-electron chi connectivity index (χ2n) is 7.10. The number of hydrogen-bond donors (Lipinski definition) is 2. The molecule has 1 aliphatic rings. The maximum Gasteiger partial charge on any atom is 0.240 e. The van der Waals surface area contributed by atoms with Gasteiger partial charge in [0.2, 0.25) is 5.91 Å². The van der Waals surface area contributed by atoms with Crippen molar-refractivity contribution < 1.29 is 4.79 Å². The summed E-state index contributed by atoms with van der Waals surface area (Å²) in [5.74, 6) is 0.0396. The second kappa shape index (κ2) is 4.84. The van der Waals surface area contributed by atoms with Crippen LogP contribution in [0.25, 0.3) is 10.9 Å². The van der Waals surface area contributed by atoms with Gasteiger partial charge in [-0.15, -0.1) is 0 Å². The minimum Gasteiger partial charge on any atom is -0.336 e. The SMILES string of the molecule is CC(C)(C)CN1Cc2c(ccc3[nH]ncc23)C[C@@H](N)C1=O. The number of aromatic amines is 1. The Bertz CT molecular complexity index is 683. The molecule has 0 radical (unpaired) electrons. The summed E-state index contributed by atoms with van der Waals surface area (Å²) in [5, 5.41) is 8.20. The summed E-state index contributed by atoms with van der Waals surface area (Å²) in [7, 11) is 0. The van der Waals surface area contributed by atoms with Crippen LogP contribution in [0.5, 0.6) is 0 Å². The van der Waals surface area contributed by atoms with Gasteiger partial charge in [0.1, 0.15) is 0 Å². The van der Waals surface area contributed by atoms with Crippen LogP contribution in [0, 0.1) is 5.41 Å². The summed E-state index contributed by atoms with van der Waals surface area (Å²) >= 11 is 0. The average molecular weight is 286 g/mol. The van der Waals surface area contributed by atoms with Gasteiger partial charge in [-0.05, 0) is 29.0 Å². The third kappa shape index (κ3) is 2.65. The molecule has 0 unspecified atom stereocenters. The Labute approximate surface area is 124 Å². The minimum atomic E-state index is -0.460. The van der Waals surface area contributed by atoms with E-state index in [9.17, 15) is 4.79 Å². The van der Waals surface area contributed by atoms with Crippen molar-refractivity contribution in [3.63, 3.8) is 0 Å². The fourth-order valence-corrected chi connectivity index (χ4v) is 3.03. The number of rotatable bonds is 1. The first kappa shape index (κ1) is 14.1. The number of carbonyl (C=O) groups is 1. The van der Waals surface area contributed by atoms with Crippen molar-refractivity contribution in [2.75, 3.05) is 6.54 Å². The lowest BCUT2D eigenvalue weighted by atomic mass is 9.95. The monoisotopic (exact) mass is 286 g/mol. The maximum atomic E-state index is 12.5. The number of fused-ring (bicyclic) bond motifs is 3. The first-order valence-corrected chi connectivity index (χ1v) is 7.33. The van der Waals surface area contributed by atoms with Crippen LogP contribution in [0.15, 0.2) is 18.3 Å². The Balaban J connectivity index is 2.06. The topological polar surface area (TPSA) is 75.0 Å². The predicted octanol–water partition coefficient (Wildman–Crippen LogP) is 1.82. The maximum absolute atomic E-state index is 12.5. The molecule has 21 heavy (non-hydrogen) atoms. The van der Waals surface area contributed by atoms with E-state index >= 15 is 0 Å². The number of aromatic nitrogens is 2. The van der Waals surface area contributed by atoms with Gasteiger partial charge in [-0.3, -0.25) is 9.89 Å². The van der Waals surface area contributed by atoms with Gasteiger partial charge in [-0.2, -0.15) is 5.10 Å². The van der Waals surface area contributed by atoms with E-state index in [1.165, 1.54) is 5.56 Å². The van der Waals surface area contributed by atoms with Gasteiger partial charge in [0, 0.05) is 18.5 Å². The van der Waals surface area contributed by atoms with Gasteiger partial charge in [0.05, 0.1) is 17.8 Å². The first-order chi connectivity index (χ1) is 9.85. The first-order valence-electron chi connectivity index (χ1n) is 7.33. The molecule has 1 aromatic heterocycles. The van der Waals surface area contributed by atoms with Crippen molar-refractivity contribution in [1.29, 1.82) is 0 Å². The van der Waals surface area contributed by atoms with E-state index in [4.69, 9.17) is 5.73 Å². The smallest absolute Gasteiger partial charge is 0.240 e. The summed E-state index contributed by atoms with van der Waals surface area (Å²) in [6.07, 6.45) is 2.43. The molecule has 0 saturated carbocycles. The lowest BCUT2D eigenvalue weighted by Gasteiger charge is -2.30. The van der Waals surface area contributed by atoms with Crippen LogP contribution in [-0.2, 0) is 17.8 Å².